The molecule has 20 heavy (non-hydrogen) atoms. The standard InChI is InChI=1S/C13H20N2O3S2/c1-4-18-8-10(3)15-20(16,17)11-5-6-12(13(14)19)9(2)7-11/h5-7,10,15H,4,8H2,1-3H3,(H2,14,19). The van der Waals surface area contributed by atoms with E-state index < -0.39 is 10.0 Å². The van der Waals surface area contributed by atoms with Crippen LogP contribution in [0.5, 0.6) is 0 Å². The van der Waals surface area contributed by atoms with Crippen LogP contribution in [-0.2, 0) is 14.8 Å². The first-order chi connectivity index (χ1) is 9.27. The Morgan fingerprint density at radius 2 is 2.15 bits per heavy atom. The van der Waals surface area contributed by atoms with Crippen molar-refractivity contribution < 1.29 is 13.2 Å². The lowest BCUT2D eigenvalue weighted by molar-refractivity contribution is 0.133. The number of ether oxygens (including phenoxy) is 1. The van der Waals surface area contributed by atoms with Gasteiger partial charge in [0.2, 0.25) is 10.0 Å². The number of rotatable bonds is 7. The summed E-state index contributed by atoms with van der Waals surface area (Å²) in [5.41, 5.74) is 6.98. The van der Waals surface area contributed by atoms with Crippen LogP contribution in [0.4, 0.5) is 0 Å². The molecule has 0 radical (unpaired) electrons. The molecule has 0 aromatic heterocycles. The molecule has 1 atom stereocenters. The molecule has 0 saturated carbocycles. The van der Waals surface area contributed by atoms with Crippen LogP contribution in [0.25, 0.3) is 0 Å². The highest BCUT2D eigenvalue weighted by Crippen LogP contribution is 2.15. The molecule has 5 nitrogen and oxygen atoms in total. The molecule has 1 aromatic carbocycles. The monoisotopic (exact) mass is 316 g/mol. The Balaban J connectivity index is 2.93. The third kappa shape index (κ3) is 4.52. The third-order valence-corrected chi connectivity index (χ3v) is 4.51. The summed E-state index contributed by atoms with van der Waals surface area (Å²) in [6.07, 6.45) is 0. The van der Waals surface area contributed by atoms with E-state index in [2.05, 4.69) is 4.72 Å². The minimum Gasteiger partial charge on any atom is -0.389 e. The summed E-state index contributed by atoms with van der Waals surface area (Å²) in [4.78, 5) is 0.447. The second-order valence-electron chi connectivity index (χ2n) is 4.52. The molecule has 0 fully saturated rings. The normalized spacial score (nSPS) is 13.2. The maximum atomic E-state index is 12.2. The van der Waals surface area contributed by atoms with Gasteiger partial charge in [0.25, 0.3) is 0 Å². The van der Waals surface area contributed by atoms with Gasteiger partial charge in [-0.1, -0.05) is 18.3 Å². The van der Waals surface area contributed by atoms with E-state index in [-0.39, 0.29) is 15.9 Å². The van der Waals surface area contributed by atoms with Crippen molar-refractivity contribution in [3.05, 3.63) is 29.3 Å². The van der Waals surface area contributed by atoms with Crippen LogP contribution in [0.3, 0.4) is 0 Å². The quantitative estimate of drug-likeness (QED) is 0.742. The Labute approximate surface area is 125 Å². The van der Waals surface area contributed by atoms with Crippen LogP contribution < -0.4 is 10.5 Å². The van der Waals surface area contributed by atoms with Crippen molar-refractivity contribution in [1.82, 2.24) is 4.72 Å². The van der Waals surface area contributed by atoms with E-state index in [1.54, 1.807) is 26.0 Å². The molecule has 0 amide bonds. The van der Waals surface area contributed by atoms with Crippen LogP contribution >= 0.6 is 12.2 Å². The zero-order chi connectivity index (χ0) is 15.3. The maximum absolute atomic E-state index is 12.2. The molecule has 1 unspecified atom stereocenters. The Kier molecular flexibility index (Phi) is 6.07. The average Bonchev–Trinajstić information content (AvgIpc) is 2.35. The van der Waals surface area contributed by atoms with Gasteiger partial charge in [0, 0.05) is 18.2 Å². The minimum atomic E-state index is -3.57. The number of hydrogen-bond donors (Lipinski definition) is 2. The molecule has 0 heterocycles. The van der Waals surface area contributed by atoms with Gasteiger partial charge in [-0.15, -0.1) is 0 Å². The van der Waals surface area contributed by atoms with Crippen molar-refractivity contribution in [1.29, 1.82) is 0 Å². The highest BCUT2D eigenvalue weighted by atomic mass is 32.2. The molecular weight excluding hydrogens is 296 g/mol. The average molecular weight is 316 g/mol. The van der Waals surface area contributed by atoms with E-state index >= 15 is 0 Å². The molecule has 0 aliphatic carbocycles. The fourth-order valence-electron chi connectivity index (χ4n) is 1.74. The van der Waals surface area contributed by atoms with Gasteiger partial charge in [-0.05, 0) is 38.5 Å². The third-order valence-electron chi connectivity index (χ3n) is 2.70. The lowest BCUT2D eigenvalue weighted by Gasteiger charge is -2.15. The van der Waals surface area contributed by atoms with Crippen molar-refractivity contribution in [3.8, 4) is 0 Å². The molecule has 112 valence electrons. The summed E-state index contributed by atoms with van der Waals surface area (Å²) in [5, 5.41) is 0. The Bertz CT molecular complexity index is 585. The Morgan fingerprint density at radius 1 is 1.50 bits per heavy atom. The number of aryl methyl sites for hydroxylation is 1. The predicted molar refractivity (Wildman–Crippen MR) is 83.3 cm³/mol. The van der Waals surface area contributed by atoms with E-state index in [1.807, 2.05) is 6.92 Å². The zero-order valence-electron chi connectivity index (χ0n) is 11.8. The number of sulfonamides is 1. The Hall–Kier alpha value is -1.02. The van der Waals surface area contributed by atoms with Crippen molar-refractivity contribution >= 4 is 27.2 Å². The SMILES string of the molecule is CCOCC(C)NS(=O)(=O)c1ccc(C(N)=S)c(C)c1. The molecule has 7 heteroatoms. The molecule has 1 aromatic rings. The molecule has 0 aliphatic heterocycles. The number of nitrogens with one attached hydrogen (secondary N) is 1. The van der Waals surface area contributed by atoms with Gasteiger partial charge in [0.05, 0.1) is 11.5 Å². The van der Waals surface area contributed by atoms with E-state index in [9.17, 15) is 8.42 Å². The second-order valence-corrected chi connectivity index (χ2v) is 6.68. The summed E-state index contributed by atoms with van der Waals surface area (Å²) in [6.45, 7) is 6.27. The van der Waals surface area contributed by atoms with Crippen LogP contribution in [0.1, 0.15) is 25.0 Å². The first-order valence-electron chi connectivity index (χ1n) is 6.28. The van der Waals surface area contributed by atoms with Crippen LogP contribution in [0.2, 0.25) is 0 Å². The Morgan fingerprint density at radius 3 is 2.65 bits per heavy atom. The number of hydrogen-bond acceptors (Lipinski definition) is 4. The van der Waals surface area contributed by atoms with Crippen LogP contribution in [0.15, 0.2) is 23.1 Å². The summed E-state index contributed by atoms with van der Waals surface area (Å²) in [7, 11) is -3.57. The maximum Gasteiger partial charge on any atom is 0.240 e. The minimum absolute atomic E-state index is 0.193. The highest BCUT2D eigenvalue weighted by molar-refractivity contribution is 7.89. The van der Waals surface area contributed by atoms with E-state index in [4.69, 9.17) is 22.7 Å². The molecule has 0 bridgehead atoms. The van der Waals surface area contributed by atoms with Crippen LogP contribution in [-0.4, -0.2) is 32.7 Å². The lowest BCUT2D eigenvalue weighted by atomic mass is 10.1. The predicted octanol–water partition coefficient (Wildman–Crippen LogP) is 1.33. The van der Waals surface area contributed by atoms with Gasteiger partial charge < -0.3 is 10.5 Å². The van der Waals surface area contributed by atoms with Crippen molar-refractivity contribution in [2.75, 3.05) is 13.2 Å². The summed E-state index contributed by atoms with van der Waals surface area (Å²) in [6, 6.07) is 4.39. The number of benzene rings is 1. The first-order valence-corrected chi connectivity index (χ1v) is 8.17. The number of thiocarbonyl (C=S) groups is 1. The fourth-order valence-corrected chi connectivity index (χ4v) is 3.28. The molecule has 3 N–H and O–H groups in total. The largest absolute Gasteiger partial charge is 0.389 e. The smallest absolute Gasteiger partial charge is 0.240 e. The van der Waals surface area contributed by atoms with Gasteiger partial charge in [0.1, 0.15) is 4.99 Å². The summed E-state index contributed by atoms with van der Waals surface area (Å²) < 4.78 is 32.2. The van der Waals surface area contributed by atoms with Gasteiger partial charge in [0.15, 0.2) is 0 Å². The summed E-state index contributed by atoms with van der Waals surface area (Å²) >= 11 is 4.90. The second kappa shape index (κ2) is 7.12. The summed E-state index contributed by atoms with van der Waals surface area (Å²) in [5.74, 6) is 0. The van der Waals surface area contributed by atoms with E-state index in [0.29, 0.717) is 18.8 Å². The van der Waals surface area contributed by atoms with E-state index in [1.165, 1.54) is 6.07 Å². The van der Waals surface area contributed by atoms with Crippen molar-refractivity contribution in [2.45, 2.75) is 31.7 Å². The lowest BCUT2D eigenvalue weighted by Crippen LogP contribution is -2.36. The molecule has 1 rings (SSSR count). The van der Waals surface area contributed by atoms with Gasteiger partial charge in [-0.25, -0.2) is 13.1 Å². The van der Waals surface area contributed by atoms with Gasteiger partial charge >= 0.3 is 0 Å². The topological polar surface area (TPSA) is 81.4 Å². The molecule has 0 saturated heterocycles. The first kappa shape index (κ1) is 17.0. The van der Waals surface area contributed by atoms with E-state index in [0.717, 1.165) is 5.56 Å². The zero-order valence-corrected chi connectivity index (χ0v) is 13.5. The van der Waals surface area contributed by atoms with Crippen LogP contribution in [0, 0.1) is 6.92 Å². The fraction of sp³-hybridized carbons (Fsp3) is 0.462. The van der Waals surface area contributed by atoms with Gasteiger partial charge in [-0.3, -0.25) is 0 Å². The van der Waals surface area contributed by atoms with Crippen molar-refractivity contribution in [3.63, 3.8) is 0 Å². The molecule has 0 aliphatic rings. The molecule has 0 spiro atoms. The van der Waals surface area contributed by atoms with Crippen molar-refractivity contribution in [2.24, 2.45) is 5.73 Å². The highest BCUT2D eigenvalue weighted by Gasteiger charge is 2.18. The number of nitrogens with two attached hydrogens (primary N) is 1. The molecular formula is C13H20N2O3S2. The van der Waals surface area contributed by atoms with Gasteiger partial charge in [-0.2, -0.15) is 0 Å².